The molecular weight excluding hydrogens is 212 g/mol. The smallest absolute Gasteiger partial charge is 0.181 e. The van der Waals surface area contributed by atoms with E-state index in [4.69, 9.17) is 0 Å². The second-order valence-electron chi connectivity index (χ2n) is 3.81. The maximum absolute atomic E-state index is 11.8. The topological polar surface area (TPSA) is 42.0 Å². The Kier molecular flexibility index (Phi) is 3.50. The summed E-state index contributed by atoms with van der Waals surface area (Å²) in [7, 11) is 0. The van der Waals surface area contributed by atoms with Gasteiger partial charge in [0.05, 0.1) is 6.54 Å². The van der Waals surface area contributed by atoms with Gasteiger partial charge in [0.2, 0.25) is 0 Å². The lowest BCUT2D eigenvalue weighted by Gasteiger charge is -2.05. The average Bonchev–Trinajstić information content (AvgIpc) is 2.37. The molecular formula is C14H14N2O. The zero-order valence-electron chi connectivity index (χ0n) is 9.68. The van der Waals surface area contributed by atoms with Crippen LogP contribution in [0.1, 0.15) is 16.1 Å². The van der Waals surface area contributed by atoms with Gasteiger partial charge in [-0.25, -0.2) is 4.98 Å². The maximum Gasteiger partial charge on any atom is 0.181 e. The Labute approximate surface area is 101 Å². The number of rotatable bonds is 4. The second kappa shape index (κ2) is 5.25. The first-order chi connectivity index (χ1) is 8.25. The van der Waals surface area contributed by atoms with Gasteiger partial charge in [-0.05, 0) is 19.1 Å². The fourth-order valence-corrected chi connectivity index (χ4v) is 1.54. The van der Waals surface area contributed by atoms with Crippen molar-refractivity contribution in [3.05, 3.63) is 59.8 Å². The molecule has 0 radical (unpaired) electrons. The van der Waals surface area contributed by atoms with E-state index in [2.05, 4.69) is 10.3 Å². The third-order valence-electron chi connectivity index (χ3n) is 2.41. The SMILES string of the molecule is Cc1cccc(NCC(=O)c2ccccc2)n1. The summed E-state index contributed by atoms with van der Waals surface area (Å²) in [6.45, 7) is 2.19. The number of carbonyl (C=O) groups excluding carboxylic acids is 1. The predicted molar refractivity (Wildman–Crippen MR) is 68.2 cm³/mol. The third-order valence-corrected chi connectivity index (χ3v) is 2.41. The molecule has 3 heteroatoms. The molecule has 0 aliphatic rings. The molecule has 0 amide bonds. The molecule has 1 heterocycles. The van der Waals surface area contributed by atoms with Gasteiger partial charge >= 0.3 is 0 Å². The van der Waals surface area contributed by atoms with E-state index in [-0.39, 0.29) is 12.3 Å². The number of hydrogen-bond acceptors (Lipinski definition) is 3. The van der Waals surface area contributed by atoms with E-state index >= 15 is 0 Å². The van der Waals surface area contributed by atoms with Crippen molar-refractivity contribution >= 4 is 11.6 Å². The van der Waals surface area contributed by atoms with Crippen LogP contribution in [0.25, 0.3) is 0 Å². The van der Waals surface area contributed by atoms with Crippen molar-refractivity contribution in [1.29, 1.82) is 0 Å². The average molecular weight is 226 g/mol. The Morgan fingerprint density at radius 3 is 2.59 bits per heavy atom. The number of hydrogen-bond donors (Lipinski definition) is 1. The normalized spacial score (nSPS) is 9.94. The minimum absolute atomic E-state index is 0.0638. The van der Waals surface area contributed by atoms with Crippen molar-refractivity contribution in [1.82, 2.24) is 4.98 Å². The summed E-state index contributed by atoms with van der Waals surface area (Å²) in [5.74, 6) is 0.795. The Balaban J connectivity index is 1.97. The highest BCUT2D eigenvalue weighted by molar-refractivity contribution is 5.98. The monoisotopic (exact) mass is 226 g/mol. The first-order valence-electron chi connectivity index (χ1n) is 5.51. The van der Waals surface area contributed by atoms with E-state index in [9.17, 15) is 4.79 Å². The number of benzene rings is 1. The molecule has 0 atom stereocenters. The van der Waals surface area contributed by atoms with Crippen molar-refractivity contribution in [2.45, 2.75) is 6.92 Å². The predicted octanol–water partition coefficient (Wildman–Crippen LogP) is 2.68. The minimum Gasteiger partial charge on any atom is -0.363 e. The second-order valence-corrected chi connectivity index (χ2v) is 3.81. The van der Waals surface area contributed by atoms with E-state index in [1.54, 1.807) is 0 Å². The fourth-order valence-electron chi connectivity index (χ4n) is 1.54. The molecule has 0 saturated heterocycles. The quantitative estimate of drug-likeness (QED) is 0.815. The summed E-state index contributed by atoms with van der Waals surface area (Å²) in [5, 5.41) is 3.02. The zero-order valence-corrected chi connectivity index (χ0v) is 9.68. The molecule has 0 unspecified atom stereocenters. The Bertz CT molecular complexity index is 509. The van der Waals surface area contributed by atoms with Crippen LogP contribution in [0.4, 0.5) is 5.82 Å². The molecule has 2 rings (SSSR count). The molecule has 1 N–H and O–H groups in total. The lowest BCUT2D eigenvalue weighted by atomic mass is 10.1. The van der Waals surface area contributed by atoms with Crippen molar-refractivity contribution in [2.75, 3.05) is 11.9 Å². The number of nitrogens with zero attached hydrogens (tertiary/aromatic N) is 1. The van der Waals surface area contributed by atoms with Crippen LogP contribution in [0, 0.1) is 6.92 Å². The van der Waals surface area contributed by atoms with Gasteiger partial charge in [0.25, 0.3) is 0 Å². The zero-order chi connectivity index (χ0) is 12.1. The Morgan fingerprint density at radius 1 is 1.12 bits per heavy atom. The molecule has 86 valence electrons. The van der Waals surface area contributed by atoms with E-state index in [0.717, 1.165) is 11.5 Å². The van der Waals surface area contributed by atoms with Gasteiger partial charge < -0.3 is 5.32 Å². The number of nitrogens with one attached hydrogen (secondary N) is 1. The first kappa shape index (κ1) is 11.3. The minimum atomic E-state index is 0.0638. The van der Waals surface area contributed by atoms with Crippen molar-refractivity contribution < 1.29 is 4.79 Å². The first-order valence-corrected chi connectivity index (χ1v) is 5.51. The molecule has 1 aromatic carbocycles. The lowest BCUT2D eigenvalue weighted by molar-refractivity contribution is 0.101. The molecule has 0 aliphatic heterocycles. The molecule has 3 nitrogen and oxygen atoms in total. The number of carbonyl (C=O) groups is 1. The van der Waals surface area contributed by atoms with Gasteiger partial charge in [0, 0.05) is 11.3 Å². The largest absolute Gasteiger partial charge is 0.363 e. The summed E-state index contributed by atoms with van der Waals surface area (Å²) >= 11 is 0. The van der Waals surface area contributed by atoms with Gasteiger partial charge in [-0.3, -0.25) is 4.79 Å². The highest BCUT2D eigenvalue weighted by Crippen LogP contribution is 2.05. The Hall–Kier alpha value is -2.16. The van der Waals surface area contributed by atoms with Crippen LogP contribution < -0.4 is 5.32 Å². The van der Waals surface area contributed by atoms with E-state index < -0.39 is 0 Å². The number of aryl methyl sites for hydroxylation is 1. The van der Waals surface area contributed by atoms with Crippen molar-refractivity contribution in [3.63, 3.8) is 0 Å². The van der Waals surface area contributed by atoms with Crippen LogP contribution in [0.2, 0.25) is 0 Å². The summed E-state index contributed by atoms with van der Waals surface area (Å²) in [6.07, 6.45) is 0. The van der Waals surface area contributed by atoms with Gasteiger partial charge in [-0.1, -0.05) is 36.4 Å². The van der Waals surface area contributed by atoms with Gasteiger partial charge in [0.15, 0.2) is 5.78 Å². The number of ketones is 1. The summed E-state index contributed by atoms with van der Waals surface area (Å²) in [6, 6.07) is 14.9. The van der Waals surface area contributed by atoms with Crippen LogP contribution >= 0.6 is 0 Å². The van der Waals surface area contributed by atoms with E-state index in [1.807, 2.05) is 55.5 Å². The molecule has 1 aromatic heterocycles. The van der Waals surface area contributed by atoms with E-state index in [0.29, 0.717) is 5.56 Å². The summed E-state index contributed by atoms with van der Waals surface area (Å²) in [4.78, 5) is 16.1. The van der Waals surface area contributed by atoms with E-state index in [1.165, 1.54) is 0 Å². The van der Waals surface area contributed by atoms with Gasteiger partial charge in [-0.2, -0.15) is 0 Å². The maximum atomic E-state index is 11.8. The van der Waals surface area contributed by atoms with Crippen LogP contribution in [0.15, 0.2) is 48.5 Å². The molecule has 0 bridgehead atoms. The number of anilines is 1. The summed E-state index contributed by atoms with van der Waals surface area (Å²) in [5.41, 5.74) is 1.65. The Morgan fingerprint density at radius 2 is 1.88 bits per heavy atom. The summed E-state index contributed by atoms with van der Waals surface area (Å²) < 4.78 is 0. The fraction of sp³-hybridized carbons (Fsp3) is 0.143. The molecule has 0 fully saturated rings. The molecule has 0 spiro atoms. The molecule has 0 saturated carbocycles. The van der Waals surface area contributed by atoms with Gasteiger partial charge in [0.1, 0.15) is 5.82 Å². The van der Waals surface area contributed by atoms with Crippen LogP contribution in [0.5, 0.6) is 0 Å². The third kappa shape index (κ3) is 3.14. The standard InChI is InChI=1S/C14H14N2O/c1-11-6-5-9-14(16-11)15-10-13(17)12-7-3-2-4-8-12/h2-9H,10H2,1H3,(H,15,16). The number of pyridine rings is 1. The van der Waals surface area contributed by atoms with Crippen LogP contribution in [-0.2, 0) is 0 Å². The lowest BCUT2D eigenvalue weighted by Crippen LogP contribution is -2.14. The molecule has 0 aliphatic carbocycles. The van der Waals surface area contributed by atoms with Crippen molar-refractivity contribution in [2.24, 2.45) is 0 Å². The highest BCUT2D eigenvalue weighted by Gasteiger charge is 2.04. The number of Topliss-reactive ketones (excluding diaryl/α,β-unsaturated/α-hetero) is 1. The highest BCUT2D eigenvalue weighted by atomic mass is 16.1. The van der Waals surface area contributed by atoms with Crippen molar-refractivity contribution in [3.8, 4) is 0 Å². The van der Waals surface area contributed by atoms with Crippen LogP contribution in [-0.4, -0.2) is 17.3 Å². The number of aromatic nitrogens is 1. The molecule has 17 heavy (non-hydrogen) atoms. The molecule has 2 aromatic rings. The van der Waals surface area contributed by atoms with Gasteiger partial charge in [-0.15, -0.1) is 0 Å². The van der Waals surface area contributed by atoms with Crippen LogP contribution in [0.3, 0.4) is 0 Å².